The van der Waals surface area contributed by atoms with E-state index in [1.54, 1.807) is 13.0 Å². The highest BCUT2D eigenvalue weighted by Gasteiger charge is 2.39. The van der Waals surface area contributed by atoms with E-state index in [0.717, 1.165) is 6.20 Å². The molecule has 0 saturated heterocycles. The monoisotopic (exact) mass is 314 g/mol. The number of aromatic nitrogens is 1. The lowest BCUT2D eigenvalue weighted by molar-refractivity contribution is -0.120. The van der Waals surface area contributed by atoms with Gasteiger partial charge < -0.3 is 0 Å². The fourth-order valence-electron chi connectivity index (χ4n) is 1.86. The summed E-state index contributed by atoms with van der Waals surface area (Å²) in [7, 11) is 0. The number of hydrogen-bond donors (Lipinski definition) is 0. The number of imide groups is 1. The van der Waals surface area contributed by atoms with Crippen molar-refractivity contribution in [2.75, 3.05) is 4.90 Å². The van der Waals surface area contributed by atoms with Gasteiger partial charge in [-0.25, -0.2) is 9.88 Å². The van der Waals surface area contributed by atoms with Gasteiger partial charge in [0.15, 0.2) is 0 Å². The molecule has 7 heteroatoms. The van der Waals surface area contributed by atoms with Gasteiger partial charge in [-0.1, -0.05) is 31.2 Å². The number of rotatable bonds is 2. The van der Waals surface area contributed by atoms with Crippen LogP contribution in [0.5, 0.6) is 0 Å². The summed E-state index contributed by atoms with van der Waals surface area (Å²) in [5, 5.41) is -0.319. The minimum atomic E-state index is -1.44. The molecule has 21 heavy (non-hydrogen) atoms. The Morgan fingerprint density at radius 3 is 2.48 bits per heavy atom. The molecule has 0 atom stereocenters. The molecule has 1 aromatic rings. The molecule has 0 saturated carbocycles. The van der Waals surface area contributed by atoms with E-state index in [1.807, 2.05) is 0 Å². The second-order valence-electron chi connectivity index (χ2n) is 4.04. The Labute approximate surface area is 125 Å². The number of nitrogens with zero attached hydrogens (tertiary/aromatic N) is 2. The van der Waals surface area contributed by atoms with Crippen LogP contribution in [-0.2, 0) is 9.59 Å². The summed E-state index contributed by atoms with van der Waals surface area (Å²) in [6.07, 6.45) is 3.84. The van der Waals surface area contributed by atoms with Gasteiger partial charge in [-0.05, 0) is 13.8 Å². The van der Waals surface area contributed by atoms with Crippen LogP contribution in [0, 0.1) is 11.8 Å². The number of halogens is 3. The molecule has 0 radical (unpaired) electrons. The van der Waals surface area contributed by atoms with Gasteiger partial charge in [0.2, 0.25) is 5.82 Å². The predicted octanol–water partition coefficient (Wildman–Crippen LogP) is 3.42. The minimum absolute atomic E-state index is 0. The average molecular weight is 315 g/mol. The Hall–Kier alpha value is -2.08. The van der Waals surface area contributed by atoms with E-state index in [1.165, 1.54) is 13.0 Å². The first-order valence-electron chi connectivity index (χ1n) is 5.62. The van der Waals surface area contributed by atoms with E-state index < -0.39 is 29.3 Å². The summed E-state index contributed by atoms with van der Waals surface area (Å²) in [6, 6.07) is 0. The van der Waals surface area contributed by atoms with Crippen molar-refractivity contribution < 1.29 is 18.4 Å². The van der Waals surface area contributed by atoms with E-state index in [-0.39, 0.29) is 23.6 Å². The molecular weight excluding hydrogens is 302 g/mol. The van der Waals surface area contributed by atoms with Gasteiger partial charge in [0, 0.05) is 11.1 Å². The van der Waals surface area contributed by atoms with Crippen LogP contribution in [0.1, 0.15) is 21.3 Å². The van der Waals surface area contributed by atoms with Gasteiger partial charge in [-0.3, -0.25) is 9.59 Å². The molecule has 0 bridgehead atoms. The van der Waals surface area contributed by atoms with Crippen molar-refractivity contribution in [1.29, 1.82) is 0 Å². The van der Waals surface area contributed by atoms with E-state index in [4.69, 9.17) is 11.6 Å². The lowest BCUT2D eigenvalue weighted by Crippen LogP contribution is -2.32. The largest absolute Gasteiger partial charge is 0.269 e. The summed E-state index contributed by atoms with van der Waals surface area (Å²) in [5.41, 5.74) is -0.362. The molecule has 1 aromatic heterocycles. The second-order valence-corrected chi connectivity index (χ2v) is 4.45. The van der Waals surface area contributed by atoms with Crippen LogP contribution in [-0.4, -0.2) is 16.8 Å². The molecule has 4 nitrogen and oxygen atoms in total. The van der Waals surface area contributed by atoms with Crippen molar-refractivity contribution in [3.05, 3.63) is 46.3 Å². The van der Waals surface area contributed by atoms with Crippen LogP contribution in [0.15, 0.2) is 29.5 Å². The number of hydrogen-bond acceptors (Lipinski definition) is 3. The standard InChI is InChI=1S/C13H9ClF2N2O2.CH4/c1-3-4-7-6(2)12(19)18(13(7)20)10-8(14)5-17-11(16)9(10)15;/h3-5H,1-2H3;1H4/b4-3-;. The van der Waals surface area contributed by atoms with Crippen LogP contribution in [0.4, 0.5) is 14.5 Å². The van der Waals surface area contributed by atoms with Crippen LogP contribution >= 0.6 is 11.6 Å². The van der Waals surface area contributed by atoms with Crippen LogP contribution in [0.25, 0.3) is 0 Å². The molecule has 112 valence electrons. The Bertz CT molecular complexity index is 684. The lowest BCUT2D eigenvalue weighted by Gasteiger charge is -2.16. The zero-order valence-corrected chi connectivity index (χ0v) is 11.3. The first-order valence-corrected chi connectivity index (χ1v) is 5.99. The third-order valence-electron chi connectivity index (χ3n) is 2.82. The fraction of sp³-hybridized carbons (Fsp3) is 0.214. The van der Waals surface area contributed by atoms with Gasteiger partial charge in [-0.2, -0.15) is 8.78 Å². The van der Waals surface area contributed by atoms with Gasteiger partial charge in [0.25, 0.3) is 17.8 Å². The second kappa shape index (κ2) is 6.13. The van der Waals surface area contributed by atoms with Crippen molar-refractivity contribution in [2.45, 2.75) is 21.3 Å². The normalized spacial score (nSPS) is 15.2. The molecule has 0 aliphatic carbocycles. The molecule has 0 aromatic carbocycles. The fourth-order valence-corrected chi connectivity index (χ4v) is 2.08. The maximum Gasteiger partial charge on any atom is 0.265 e. The number of allylic oxidation sites excluding steroid dienone is 1. The highest BCUT2D eigenvalue weighted by atomic mass is 35.5. The summed E-state index contributed by atoms with van der Waals surface area (Å²) < 4.78 is 27.0. The Morgan fingerprint density at radius 2 is 1.90 bits per heavy atom. The molecule has 0 N–H and O–H groups in total. The number of anilines is 1. The van der Waals surface area contributed by atoms with Crippen LogP contribution < -0.4 is 4.90 Å². The first kappa shape index (κ1) is 17.0. The molecule has 1 aliphatic heterocycles. The maximum atomic E-state index is 13.8. The topological polar surface area (TPSA) is 50.3 Å². The highest BCUT2D eigenvalue weighted by molar-refractivity contribution is 6.39. The number of pyridine rings is 1. The van der Waals surface area contributed by atoms with Crippen molar-refractivity contribution >= 4 is 29.1 Å². The van der Waals surface area contributed by atoms with Crippen LogP contribution in [0.3, 0.4) is 0 Å². The molecule has 2 heterocycles. The highest BCUT2D eigenvalue weighted by Crippen LogP contribution is 2.35. The molecule has 2 amide bonds. The molecule has 1 aliphatic rings. The van der Waals surface area contributed by atoms with Gasteiger partial charge in [0.05, 0.1) is 11.2 Å². The molecular formula is C14H13ClF2N2O2. The Morgan fingerprint density at radius 1 is 1.29 bits per heavy atom. The van der Waals surface area contributed by atoms with E-state index in [0.29, 0.717) is 4.90 Å². The molecule has 0 fully saturated rings. The zero-order chi connectivity index (χ0) is 15.0. The zero-order valence-electron chi connectivity index (χ0n) is 10.6. The number of amides is 2. The van der Waals surface area contributed by atoms with Crippen molar-refractivity contribution in [3.63, 3.8) is 0 Å². The van der Waals surface area contributed by atoms with Gasteiger partial charge in [0.1, 0.15) is 5.69 Å². The minimum Gasteiger partial charge on any atom is -0.269 e. The SMILES string of the molecule is C.C/C=C\C1=C(C)C(=O)N(c2c(Cl)cnc(F)c2F)C1=O. The average Bonchev–Trinajstić information content (AvgIpc) is 2.61. The van der Waals surface area contributed by atoms with E-state index >= 15 is 0 Å². The smallest absolute Gasteiger partial charge is 0.265 e. The first-order chi connectivity index (χ1) is 9.40. The van der Waals surface area contributed by atoms with Crippen molar-refractivity contribution in [1.82, 2.24) is 4.98 Å². The van der Waals surface area contributed by atoms with Gasteiger partial charge >= 0.3 is 0 Å². The Balaban J connectivity index is 0.00000220. The summed E-state index contributed by atoms with van der Waals surface area (Å²) in [6.45, 7) is 3.10. The van der Waals surface area contributed by atoms with E-state index in [2.05, 4.69) is 4.98 Å². The van der Waals surface area contributed by atoms with Crippen molar-refractivity contribution in [3.8, 4) is 0 Å². The lowest BCUT2D eigenvalue weighted by atomic mass is 10.1. The Kier molecular flexibility index (Phi) is 4.96. The van der Waals surface area contributed by atoms with E-state index in [9.17, 15) is 18.4 Å². The summed E-state index contributed by atoms with van der Waals surface area (Å²) >= 11 is 5.73. The summed E-state index contributed by atoms with van der Waals surface area (Å²) in [4.78, 5) is 27.8. The molecule has 0 spiro atoms. The van der Waals surface area contributed by atoms with Crippen molar-refractivity contribution in [2.24, 2.45) is 0 Å². The summed E-state index contributed by atoms with van der Waals surface area (Å²) in [5.74, 6) is -4.36. The van der Waals surface area contributed by atoms with Gasteiger partial charge in [-0.15, -0.1) is 0 Å². The number of carbonyl (C=O) groups excluding carboxylic acids is 2. The number of carbonyl (C=O) groups is 2. The molecule has 2 rings (SSSR count). The third-order valence-corrected chi connectivity index (χ3v) is 3.10. The third kappa shape index (κ3) is 2.58. The van der Waals surface area contributed by atoms with Crippen LogP contribution in [0.2, 0.25) is 5.02 Å². The predicted molar refractivity (Wildman–Crippen MR) is 75.9 cm³/mol. The molecule has 0 unspecified atom stereocenters. The quantitative estimate of drug-likeness (QED) is 0.621. The maximum absolute atomic E-state index is 13.8.